The lowest BCUT2D eigenvalue weighted by molar-refractivity contribution is -0.179. The molecule has 28 heavy (non-hydrogen) atoms. The molecule has 2 aromatic rings. The van der Waals surface area contributed by atoms with Crippen molar-refractivity contribution in [1.29, 1.82) is 0 Å². The van der Waals surface area contributed by atoms with E-state index in [1.807, 2.05) is 48.5 Å². The summed E-state index contributed by atoms with van der Waals surface area (Å²) in [6.45, 7) is 0. The molecule has 0 fully saturated rings. The van der Waals surface area contributed by atoms with Crippen LogP contribution in [0.3, 0.4) is 0 Å². The fourth-order valence-corrected chi connectivity index (χ4v) is 5.12. The first kappa shape index (κ1) is 18.7. The van der Waals surface area contributed by atoms with Crippen LogP contribution in [0.15, 0.2) is 48.5 Å². The third kappa shape index (κ3) is 2.57. The fraction of sp³-hybridized carbons (Fsp3) is 0.391. The molecule has 2 aromatic carbocycles. The average molecular weight is 380 g/mol. The molecule has 5 heteroatoms. The van der Waals surface area contributed by atoms with Crippen molar-refractivity contribution in [1.82, 2.24) is 0 Å². The summed E-state index contributed by atoms with van der Waals surface area (Å²) < 4.78 is 10.4. The molecule has 0 saturated heterocycles. The van der Waals surface area contributed by atoms with Crippen molar-refractivity contribution >= 4 is 11.9 Å². The van der Waals surface area contributed by atoms with Crippen LogP contribution in [0.1, 0.15) is 22.3 Å². The minimum Gasteiger partial charge on any atom is -0.468 e. The number of methoxy groups -OCH3 is 2. The smallest absolute Gasteiger partial charge is 0.315 e. The summed E-state index contributed by atoms with van der Waals surface area (Å²) in [5.74, 6) is -0.997. The number of aliphatic hydroxyl groups excluding tert-OH is 1. The third-order valence-electron chi connectivity index (χ3n) is 6.49. The quantitative estimate of drug-likeness (QED) is 0.809. The Morgan fingerprint density at radius 3 is 1.29 bits per heavy atom. The lowest BCUT2D eigenvalue weighted by atomic mass is 9.65. The van der Waals surface area contributed by atoms with E-state index in [-0.39, 0.29) is 0 Å². The Balaban J connectivity index is 2.04. The Hall–Kier alpha value is -2.66. The molecule has 2 aliphatic rings. The van der Waals surface area contributed by atoms with Gasteiger partial charge in [0.05, 0.1) is 20.3 Å². The minimum atomic E-state index is -1.26. The second-order valence-electron chi connectivity index (χ2n) is 7.94. The van der Waals surface area contributed by atoms with Crippen molar-refractivity contribution in [3.63, 3.8) is 0 Å². The highest BCUT2D eigenvalue weighted by molar-refractivity contribution is 5.85. The topological polar surface area (TPSA) is 72.8 Å². The molecule has 2 bridgehead atoms. The average Bonchev–Trinajstić information content (AvgIpc) is 2.90. The van der Waals surface area contributed by atoms with Crippen LogP contribution in [0.25, 0.3) is 0 Å². The first-order chi connectivity index (χ1) is 13.5. The van der Waals surface area contributed by atoms with Gasteiger partial charge in [-0.15, -0.1) is 0 Å². The maximum absolute atomic E-state index is 13.2. The van der Waals surface area contributed by atoms with Gasteiger partial charge in [0.2, 0.25) is 0 Å². The number of fused-ring (bicyclic) bond motifs is 4. The van der Waals surface area contributed by atoms with Gasteiger partial charge < -0.3 is 14.6 Å². The number of esters is 2. The molecule has 2 aliphatic carbocycles. The Kier molecular flexibility index (Phi) is 4.50. The minimum absolute atomic E-state index is 0.310. The van der Waals surface area contributed by atoms with Crippen LogP contribution in [-0.2, 0) is 44.7 Å². The van der Waals surface area contributed by atoms with Gasteiger partial charge in [-0.2, -0.15) is 0 Å². The van der Waals surface area contributed by atoms with E-state index in [0.29, 0.717) is 25.7 Å². The number of hydrogen-bond donors (Lipinski definition) is 1. The van der Waals surface area contributed by atoms with Gasteiger partial charge in [0.25, 0.3) is 0 Å². The highest BCUT2D eigenvalue weighted by Gasteiger charge is 2.62. The first-order valence-corrected chi connectivity index (χ1v) is 9.45. The molecule has 0 heterocycles. The number of aliphatic hydroxyl groups is 1. The Morgan fingerprint density at radius 2 is 1.04 bits per heavy atom. The zero-order valence-electron chi connectivity index (χ0n) is 16.1. The van der Waals surface area contributed by atoms with Gasteiger partial charge in [-0.1, -0.05) is 48.5 Å². The Labute approximate surface area is 164 Å². The molecule has 0 aromatic heterocycles. The van der Waals surface area contributed by atoms with E-state index in [4.69, 9.17) is 9.47 Å². The Morgan fingerprint density at radius 1 is 0.750 bits per heavy atom. The van der Waals surface area contributed by atoms with Gasteiger partial charge in [-0.25, -0.2) is 0 Å². The predicted octanol–water partition coefficient (Wildman–Crippen LogP) is 2.26. The summed E-state index contributed by atoms with van der Waals surface area (Å²) in [7, 11) is 2.66. The summed E-state index contributed by atoms with van der Waals surface area (Å²) in [6.07, 6.45) is 0.00207. The summed E-state index contributed by atoms with van der Waals surface area (Å²) in [5, 5.41) is 11.7. The van der Waals surface area contributed by atoms with Crippen LogP contribution in [0.2, 0.25) is 0 Å². The predicted molar refractivity (Wildman–Crippen MR) is 103 cm³/mol. The molecule has 1 N–H and O–H groups in total. The zero-order valence-corrected chi connectivity index (χ0v) is 16.1. The van der Waals surface area contributed by atoms with Crippen molar-refractivity contribution in [2.75, 3.05) is 14.2 Å². The molecule has 0 unspecified atom stereocenters. The SMILES string of the molecule is COC(=O)C12Cc3ccccc3CC(C(=O)OC)(Cc3ccccc3C1)C2O. The standard InChI is InChI=1S/C23H24O5/c1-27-20(25)22-11-15-7-3-5-9-17(15)13-23(19(22)24,21(26)28-2)14-18-10-6-4-8-16(18)12-22/h3-10,19,24H,11-14H2,1-2H3. The molecule has 0 amide bonds. The lowest BCUT2D eigenvalue weighted by Gasteiger charge is -2.41. The van der Waals surface area contributed by atoms with Crippen LogP contribution in [0, 0.1) is 10.8 Å². The van der Waals surface area contributed by atoms with Gasteiger partial charge in [-0.3, -0.25) is 9.59 Å². The largest absolute Gasteiger partial charge is 0.468 e. The van der Waals surface area contributed by atoms with Crippen LogP contribution in [-0.4, -0.2) is 37.4 Å². The molecule has 0 aliphatic heterocycles. The number of carbonyl (C=O) groups is 2. The van der Waals surface area contributed by atoms with E-state index in [9.17, 15) is 14.7 Å². The molecule has 0 radical (unpaired) electrons. The highest BCUT2D eigenvalue weighted by Crippen LogP contribution is 2.51. The molecule has 0 atom stereocenters. The Bertz CT molecular complexity index is 807. The summed E-state index contributed by atoms with van der Waals surface area (Å²) in [5.41, 5.74) is 1.30. The summed E-state index contributed by atoms with van der Waals surface area (Å²) in [6, 6.07) is 15.5. The molecule has 5 nitrogen and oxygen atoms in total. The molecule has 0 spiro atoms. The van der Waals surface area contributed by atoms with Crippen molar-refractivity contribution in [3.8, 4) is 0 Å². The first-order valence-electron chi connectivity index (χ1n) is 9.45. The van der Waals surface area contributed by atoms with Gasteiger partial charge >= 0.3 is 11.9 Å². The van der Waals surface area contributed by atoms with E-state index in [0.717, 1.165) is 22.3 Å². The van der Waals surface area contributed by atoms with Crippen molar-refractivity contribution in [2.45, 2.75) is 31.8 Å². The molecule has 0 saturated carbocycles. The van der Waals surface area contributed by atoms with Crippen molar-refractivity contribution in [2.24, 2.45) is 10.8 Å². The van der Waals surface area contributed by atoms with E-state index < -0.39 is 28.9 Å². The molecular weight excluding hydrogens is 356 g/mol. The van der Waals surface area contributed by atoms with Gasteiger partial charge in [0.15, 0.2) is 0 Å². The van der Waals surface area contributed by atoms with Crippen molar-refractivity contribution < 1.29 is 24.2 Å². The second-order valence-corrected chi connectivity index (χ2v) is 7.94. The summed E-state index contributed by atoms with van der Waals surface area (Å²) in [4.78, 5) is 26.3. The van der Waals surface area contributed by atoms with E-state index in [1.165, 1.54) is 14.2 Å². The van der Waals surface area contributed by atoms with Crippen molar-refractivity contribution in [3.05, 3.63) is 70.8 Å². The number of ether oxygens (including phenoxy) is 2. The van der Waals surface area contributed by atoms with Gasteiger partial charge in [0.1, 0.15) is 10.8 Å². The van der Waals surface area contributed by atoms with Crippen LogP contribution in [0.5, 0.6) is 0 Å². The fourth-order valence-electron chi connectivity index (χ4n) is 5.12. The molecular formula is C23H24O5. The lowest BCUT2D eigenvalue weighted by Crippen LogP contribution is -2.57. The highest BCUT2D eigenvalue weighted by atomic mass is 16.5. The van der Waals surface area contributed by atoms with E-state index in [2.05, 4.69) is 0 Å². The van der Waals surface area contributed by atoms with E-state index in [1.54, 1.807) is 0 Å². The van der Waals surface area contributed by atoms with Crippen LogP contribution < -0.4 is 0 Å². The normalized spacial score (nSPS) is 28.2. The second kappa shape index (κ2) is 6.74. The number of carbonyl (C=O) groups excluding carboxylic acids is 2. The number of hydrogen-bond acceptors (Lipinski definition) is 5. The number of rotatable bonds is 2. The molecule has 4 rings (SSSR count). The maximum Gasteiger partial charge on any atom is 0.315 e. The van der Waals surface area contributed by atoms with E-state index >= 15 is 0 Å². The van der Waals surface area contributed by atoms with Gasteiger partial charge in [0, 0.05) is 0 Å². The molecule has 146 valence electrons. The monoisotopic (exact) mass is 380 g/mol. The summed E-state index contributed by atoms with van der Waals surface area (Å²) >= 11 is 0. The van der Waals surface area contributed by atoms with Crippen LogP contribution >= 0.6 is 0 Å². The third-order valence-corrected chi connectivity index (χ3v) is 6.49. The zero-order chi connectivity index (χ0) is 19.9. The van der Waals surface area contributed by atoms with Gasteiger partial charge in [-0.05, 0) is 47.9 Å². The van der Waals surface area contributed by atoms with Crippen LogP contribution in [0.4, 0.5) is 0 Å². The maximum atomic E-state index is 13.2. The number of benzene rings is 2.